The summed E-state index contributed by atoms with van der Waals surface area (Å²) in [4.78, 5) is 68.5. The second-order valence-corrected chi connectivity index (χ2v) is 10.9. The van der Waals surface area contributed by atoms with Gasteiger partial charge < -0.3 is 19.9 Å². The van der Waals surface area contributed by atoms with Crippen LogP contribution in [0.2, 0.25) is 0 Å². The Morgan fingerprint density at radius 1 is 0.892 bits per heavy atom. The zero-order chi connectivity index (χ0) is 26.7. The summed E-state index contributed by atoms with van der Waals surface area (Å²) in [5.41, 5.74) is 0.357. The average Bonchev–Trinajstić information content (AvgIpc) is 3.01. The number of hydrogen-bond donors (Lipinski definition) is 1. The fraction of sp³-hybridized carbons (Fsp3) is 0.593. The third-order valence-electron chi connectivity index (χ3n) is 7.02. The molecule has 0 radical (unpaired) electrons. The van der Waals surface area contributed by atoms with Gasteiger partial charge in [0.1, 0.15) is 12.1 Å². The largest absolute Gasteiger partial charge is 0.444 e. The van der Waals surface area contributed by atoms with Crippen molar-refractivity contribution in [2.24, 2.45) is 0 Å². The Labute approximate surface area is 217 Å². The van der Waals surface area contributed by atoms with Crippen LogP contribution in [-0.4, -0.2) is 88.8 Å². The standard InChI is InChI=1S/C27H36N4O6/c1-27(2,3)37-26(36)28-17-22(32)29-12-7-13-30(15-14-29)23(33)18-10-11-20-21(16-18)25(35)31(24(20)34)19-8-5-4-6-9-19/h10-11,16,19H,4-9,12-15,17H2,1-3H3,(H,28,36). The van der Waals surface area contributed by atoms with Crippen molar-refractivity contribution in [3.05, 3.63) is 34.9 Å². The Morgan fingerprint density at radius 2 is 1.54 bits per heavy atom. The highest BCUT2D eigenvalue weighted by Gasteiger charge is 2.40. The molecule has 0 spiro atoms. The van der Waals surface area contributed by atoms with Crippen LogP contribution in [-0.2, 0) is 9.53 Å². The van der Waals surface area contributed by atoms with Gasteiger partial charge in [0.05, 0.1) is 11.1 Å². The van der Waals surface area contributed by atoms with Crippen LogP contribution in [0.5, 0.6) is 0 Å². The highest BCUT2D eigenvalue weighted by atomic mass is 16.6. The van der Waals surface area contributed by atoms with E-state index < -0.39 is 11.7 Å². The van der Waals surface area contributed by atoms with Crippen LogP contribution in [0.15, 0.2) is 18.2 Å². The van der Waals surface area contributed by atoms with E-state index in [1.54, 1.807) is 48.8 Å². The number of fused-ring (bicyclic) bond motifs is 1. The van der Waals surface area contributed by atoms with E-state index in [0.717, 1.165) is 32.1 Å². The Kier molecular flexibility index (Phi) is 7.85. The van der Waals surface area contributed by atoms with Gasteiger partial charge in [-0.2, -0.15) is 0 Å². The van der Waals surface area contributed by atoms with Crippen molar-refractivity contribution >= 4 is 29.7 Å². The number of nitrogens with zero attached hydrogens (tertiary/aromatic N) is 3. The molecular weight excluding hydrogens is 476 g/mol. The molecule has 10 nitrogen and oxygen atoms in total. The van der Waals surface area contributed by atoms with E-state index in [-0.39, 0.29) is 36.2 Å². The maximum atomic E-state index is 13.3. The topological polar surface area (TPSA) is 116 Å². The Balaban J connectivity index is 1.36. The van der Waals surface area contributed by atoms with Gasteiger partial charge in [-0.05, 0) is 58.2 Å². The number of benzene rings is 1. The highest BCUT2D eigenvalue weighted by Crippen LogP contribution is 2.31. The van der Waals surface area contributed by atoms with Gasteiger partial charge in [0.15, 0.2) is 0 Å². The van der Waals surface area contributed by atoms with Crippen LogP contribution in [0.1, 0.15) is 90.4 Å². The van der Waals surface area contributed by atoms with E-state index in [0.29, 0.717) is 49.3 Å². The summed E-state index contributed by atoms with van der Waals surface area (Å²) in [6.07, 6.45) is 4.72. The molecule has 5 amide bonds. The summed E-state index contributed by atoms with van der Waals surface area (Å²) in [5.74, 6) is -1.06. The molecule has 0 unspecified atom stereocenters. The second-order valence-electron chi connectivity index (χ2n) is 10.9. The third kappa shape index (κ3) is 6.11. The van der Waals surface area contributed by atoms with E-state index in [9.17, 15) is 24.0 Å². The van der Waals surface area contributed by atoms with E-state index >= 15 is 0 Å². The van der Waals surface area contributed by atoms with Gasteiger partial charge in [0.25, 0.3) is 17.7 Å². The summed E-state index contributed by atoms with van der Waals surface area (Å²) < 4.78 is 5.16. The summed E-state index contributed by atoms with van der Waals surface area (Å²) in [6, 6.07) is 4.66. The Bertz CT molecular complexity index is 1090. The molecule has 4 rings (SSSR count). The predicted molar refractivity (Wildman–Crippen MR) is 135 cm³/mol. The van der Waals surface area contributed by atoms with Crippen molar-refractivity contribution in [2.45, 2.75) is 70.9 Å². The van der Waals surface area contributed by atoms with Crippen LogP contribution in [0.3, 0.4) is 0 Å². The van der Waals surface area contributed by atoms with E-state index in [4.69, 9.17) is 4.74 Å². The van der Waals surface area contributed by atoms with Crippen molar-refractivity contribution in [3.63, 3.8) is 0 Å². The minimum Gasteiger partial charge on any atom is -0.444 e. The molecule has 1 aliphatic carbocycles. The first-order valence-corrected chi connectivity index (χ1v) is 13.1. The van der Waals surface area contributed by atoms with Crippen molar-refractivity contribution in [1.29, 1.82) is 0 Å². The van der Waals surface area contributed by atoms with Crippen LogP contribution < -0.4 is 5.32 Å². The van der Waals surface area contributed by atoms with Crippen molar-refractivity contribution in [3.8, 4) is 0 Å². The lowest BCUT2D eigenvalue weighted by molar-refractivity contribution is -0.130. The first kappa shape index (κ1) is 26.6. The van der Waals surface area contributed by atoms with Gasteiger partial charge >= 0.3 is 6.09 Å². The Morgan fingerprint density at radius 3 is 2.24 bits per heavy atom. The van der Waals surface area contributed by atoms with Crippen LogP contribution in [0, 0.1) is 0 Å². The van der Waals surface area contributed by atoms with Crippen LogP contribution in [0.25, 0.3) is 0 Å². The molecular formula is C27H36N4O6. The van der Waals surface area contributed by atoms with Crippen LogP contribution >= 0.6 is 0 Å². The molecule has 2 heterocycles. The molecule has 0 aromatic heterocycles. The smallest absolute Gasteiger partial charge is 0.408 e. The molecule has 1 saturated carbocycles. The maximum absolute atomic E-state index is 13.3. The maximum Gasteiger partial charge on any atom is 0.408 e. The van der Waals surface area contributed by atoms with E-state index in [1.165, 1.54) is 4.90 Å². The number of carbonyl (C=O) groups excluding carboxylic acids is 5. The number of imide groups is 1. The van der Waals surface area contributed by atoms with Gasteiger partial charge in [-0.15, -0.1) is 0 Å². The van der Waals surface area contributed by atoms with Crippen molar-refractivity contribution in [1.82, 2.24) is 20.0 Å². The molecule has 37 heavy (non-hydrogen) atoms. The molecule has 1 saturated heterocycles. The van der Waals surface area contributed by atoms with Gasteiger partial charge in [0, 0.05) is 37.8 Å². The first-order valence-electron chi connectivity index (χ1n) is 13.1. The molecule has 0 atom stereocenters. The summed E-state index contributed by atoms with van der Waals surface area (Å²) >= 11 is 0. The molecule has 3 aliphatic rings. The zero-order valence-electron chi connectivity index (χ0n) is 21.9. The van der Waals surface area contributed by atoms with Crippen LogP contribution in [0.4, 0.5) is 4.79 Å². The normalized spacial score (nSPS) is 18.9. The number of hydrogen-bond acceptors (Lipinski definition) is 6. The lowest BCUT2D eigenvalue weighted by Gasteiger charge is -2.29. The predicted octanol–water partition coefficient (Wildman–Crippen LogP) is 2.81. The summed E-state index contributed by atoms with van der Waals surface area (Å²) in [7, 11) is 0. The van der Waals surface area contributed by atoms with E-state index in [1.807, 2.05) is 0 Å². The SMILES string of the molecule is CC(C)(C)OC(=O)NCC(=O)N1CCCN(C(=O)c2ccc3c(c2)C(=O)N(C2CCCCC2)C3=O)CC1. The quantitative estimate of drug-likeness (QED) is 0.620. The molecule has 10 heteroatoms. The summed E-state index contributed by atoms with van der Waals surface area (Å²) in [6.45, 7) is 6.64. The monoisotopic (exact) mass is 512 g/mol. The van der Waals surface area contributed by atoms with Gasteiger partial charge in [-0.3, -0.25) is 24.1 Å². The fourth-order valence-corrected chi connectivity index (χ4v) is 5.19. The minimum absolute atomic E-state index is 0.0702. The molecule has 0 bridgehead atoms. The number of amides is 5. The van der Waals surface area contributed by atoms with Gasteiger partial charge in [0.2, 0.25) is 5.91 Å². The average molecular weight is 513 g/mol. The molecule has 1 aromatic rings. The minimum atomic E-state index is -0.654. The molecule has 1 N–H and O–H groups in total. The molecule has 2 aliphatic heterocycles. The van der Waals surface area contributed by atoms with Crippen molar-refractivity contribution < 1.29 is 28.7 Å². The number of nitrogens with one attached hydrogen (secondary N) is 1. The van der Waals surface area contributed by atoms with Gasteiger partial charge in [-0.1, -0.05) is 19.3 Å². The highest BCUT2D eigenvalue weighted by molar-refractivity contribution is 6.22. The molecule has 2 fully saturated rings. The number of ether oxygens (including phenoxy) is 1. The molecule has 1 aromatic carbocycles. The third-order valence-corrected chi connectivity index (χ3v) is 7.02. The first-order chi connectivity index (χ1) is 17.5. The number of rotatable bonds is 4. The van der Waals surface area contributed by atoms with Gasteiger partial charge in [-0.25, -0.2) is 4.79 Å². The molecule has 200 valence electrons. The zero-order valence-corrected chi connectivity index (χ0v) is 21.9. The van der Waals surface area contributed by atoms with Crippen molar-refractivity contribution in [2.75, 3.05) is 32.7 Å². The lowest BCUT2D eigenvalue weighted by Crippen LogP contribution is -2.43. The summed E-state index contributed by atoms with van der Waals surface area (Å²) in [5, 5.41) is 2.48. The Hall–Kier alpha value is -3.43. The fourth-order valence-electron chi connectivity index (χ4n) is 5.19. The second kappa shape index (κ2) is 10.9. The number of carbonyl (C=O) groups is 5. The van der Waals surface area contributed by atoms with E-state index in [2.05, 4.69) is 5.32 Å². The lowest BCUT2D eigenvalue weighted by atomic mass is 9.94. The number of alkyl carbamates (subject to hydrolysis) is 1.